The highest BCUT2D eigenvalue weighted by molar-refractivity contribution is 9.10. The molecule has 5 amide bonds. The molecule has 1 aliphatic rings. The molecular formula is C27H21BrClN3O7. The number of rotatable bonds is 8. The largest absolute Gasteiger partial charge is 0.497 e. The van der Waals surface area contributed by atoms with Crippen molar-refractivity contribution in [1.82, 2.24) is 5.32 Å². The summed E-state index contributed by atoms with van der Waals surface area (Å²) in [4.78, 5) is 51.3. The number of methoxy groups -OCH3 is 2. The minimum Gasteiger partial charge on any atom is -0.497 e. The Balaban J connectivity index is 1.53. The van der Waals surface area contributed by atoms with Crippen molar-refractivity contribution in [3.8, 4) is 17.2 Å². The van der Waals surface area contributed by atoms with Crippen LogP contribution in [0.25, 0.3) is 6.08 Å². The number of benzene rings is 3. The second-order valence-electron chi connectivity index (χ2n) is 8.03. The number of amides is 5. The van der Waals surface area contributed by atoms with Crippen LogP contribution < -0.4 is 29.7 Å². The SMILES string of the molecule is COc1ccc(NC(=O)COc2c(Cl)cc(/C=C3\C(=O)NC(=O)N(c4ccc(Br)cc4)C3=O)cc2OC)cc1. The predicted molar refractivity (Wildman–Crippen MR) is 148 cm³/mol. The molecule has 10 nitrogen and oxygen atoms in total. The monoisotopic (exact) mass is 613 g/mol. The normalized spacial score (nSPS) is 14.2. The van der Waals surface area contributed by atoms with E-state index in [1.807, 2.05) is 0 Å². The molecular weight excluding hydrogens is 594 g/mol. The second-order valence-corrected chi connectivity index (χ2v) is 9.36. The van der Waals surface area contributed by atoms with Crippen molar-refractivity contribution in [2.45, 2.75) is 0 Å². The lowest BCUT2D eigenvalue weighted by Crippen LogP contribution is -2.54. The summed E-state index contributed by atoms with van der Waals surface area (Å²) < 4.78 is 16.8. The van der Waals surface area contributed by atoms with Crippen molar-refractivity contribution >= 4 is 68.7 Å². The summed E-state index contributed by atoms with van der Waals surface area (Å²) in [5.41, 5.74) is 0.876. The van der Waals surface area contributed by atoms with Crippen LogP contribution in [0.1, 0.15) is 5.56 Å². The van der Waals surface area contributed by atoms with Gasteiger partial charge < -0.3 is 19.5 Å². The van der Waals surface area contributed by atoms with Gasteiger partial charge in [-0.25, -0.2) is 9.69 Å². The lowest BCUT2D eigenvalue weighted by molar-refractivity contribution is -0.122. The minimum absolute atomic E-state index is 0.0722. The Morgan fingerprint density at radius 3 is 2.36 bits per heavy atom. The van der Waals surface area contributed by atoms with E-state index in [2.05, 4.69) is 26.6 Å². The molecule has 1 fully saturated rings. The van der Waals surface area contributed by atoms with Gasteiger partial charge in [0.25, 0.3) is 17.7 Å². The molecule has 1 aliphatic heterocycles. The quantitative estimate of drug-likeness (QED) is 0.276. The zero-order chi connectivity index (χ0) is 28.1. The Bertz CT molecular complexity index is 1470. The smallest absolute Gasteiger partial charge is 0.335 e. The van der Waals surface area contributed by atoms with Gasteiger partial charge >= 0.3 is 6.03 Å². The van der Waals surface area contributed by atoms with Gasteiger partial charge in [0.15, 0.2) is 18.1 Å². The molecule has 0 radical (unpaired) electrons. The van der Waals surface area contributed by atoms with Crippen LogP contribution in [0.3, 0.4) is 0 Å². The van der Waals surface area contributed by atoms with Gasteiger partial charge in [-0.05, 0) is 72.3 Å². The third-order valence-corrected chi connectivity index (χ3v) is 6.28. The molecule has 0 saturated carbocycles. The van der Waals surface area contributed by atoms with Gasteiger partial charge in [-0.15, -0.1) is 0 Å². The van der Waals surface area contributed by atoms with Crippen molar-refractivity contribution < 1.29 is 33.4 Å². The number of ether oxygens (including phenoxy) is 3. The molecule has 3 aromatic carbocycles. The van der Waals surface area contributed by atoms with Gasteiger partial charge in [0.2, 0.25) is 0 Å². The summed E-state index contributed by atoms with van der Waals surface area (Å²) in [6.45, 7) is -0.367. The molecule has 0 unspecified atom stereocenters. The minimum atomic E-state index is -0.864. The summed E-state index contributed by atoms with van der Waals surface area (Å²) in [7, 11) is 2.92. The Morgan fingerprint density at radius 1 is 1.03 bits per heavy atom. The molecule has 2 N–H and O–H groups in total. The summed E-state index contributed by atoms with van der Waals surface area (Å²) in [6, 6.07) is 15.3. The number of nitrogens with one attached hydrogen (secondary N) is 2. The molecule has 0 spiro atoms. The van der Waals surface area contributed by atoms with Crippen LogP contribution in [-0.4, -0.2) is 44.6 Å². The van der Waals surface area contributed by atoms with Crippen LogP contribution in [0, 0.1) is 0 Å². The van der Waals surface area contributed by atoms with E-state index in [0.717, 1.165) is 9.37 Å². The number of hydrogen-bond donors (Lipinski definition) is 2. The lowest BCUT2D eigenvalue weighted by Gasteiger charge is -2.26. The van der Waals surface area contributed by atoms with E-state index in [-0.39, 0.29) is 34.4 Å². The number of anilines is 2. The van der Waals surface area contributed by atoms with Crippen LogP contribution in [0.15, 0.2) is 70.7 Å². The van der Waals surface area contributed by atoms with Crippen LogP contribution in [0.5, 0.6) is 17.2 Å². The first-order valence-electron chi connectivity index (χ1n) is 11.3. The zero-order valence-electron chi connectivity index (χ0n) is 20.6. The van der Waals surface area contributed by atoms with Crippen molar-refractivity contribution in [2.75, 3.05) is 31.0 Å². The molecule has 0 atom stereocenters. The standard InChI is InChI=1S/C27H21BrClN3O7/c1-37-19-9-5-17(6-10-19)30-23(33)14-39-24-21(29)12-15(13-22(24)38-2)11-20-25(34)31-27(36)32(26(20)35)18-7-3-16(28)4-8-18/h3-13H,14H2,1-2H3,(H,30,33)(H,31,34,36)/b20-11+. The third-order valence-electron chi connectivity index (χ3n) is 5.47. The third kappa shape index (κ3) is 6.39. The summed E-state index contributed by atoms with van der Waals surface area (Å²) in [6.07, 6.45) is 1.28. The lowest BCUT2D eigenvalue weighted by atomic mass is 10.1. The summed E-state index contributed by atoms with van der Waals surface area (Å²) >= 11 is 9.71. The predicted octanol–water partition coefficient (Wildman–Crippen LogP) is 4.80. The van der Waals surface area contributed by atoms with Gasteiger partial charge in [-0.2, -0.15) is 0 Å². The number of barbiturate groups is 1. The molecule has 200 valence electrons. The van der Waals surface area contributed by atoms with Gasteiger partial charge in [0.05, 0.1) is 24.9 Å². The maximum atomic E-state index is 13.1. The highest BCUT2D eigenvalue weighted by Crippen LogP contribution is 2.37. The second kappa shape index (κ2) is 12.0. The topological polar surface area (TPSA) is 123 Å². The van der Waals surface area contributed by atoms with E-state index in [1.165, 1.54) is 25.3 Å². The Labute approximate surface area is 236 Å². The number of hydrogen-bond acceptors (Lipinski definition) is 7. The fraction of sp³-hybridized carbons (Fsp3) is 0.111. The average molecular weight is 615 g/mol. The maximum absolute atomic E-state index is 13.1. The molecule has 1 heterocycles. The Hall–Kier alpha value is -4.35. The molecule has 0 bridgehead atoms. The molecule has 1 saturated heterocycles. The highest BCUT2D eigenvalue weighted by Gasteiger charge is 2.36. The number of imide groups is 2. The first-order valence-corrected chi connectivity index (χ1v) is 12.5. The maximum Gasteiger partial charge on any atom is 0.335 e. The van der Waals surface area contributed by atoms with E-state index in [0.29, 0.717) is 17.0 Å². The summed E-state index contributed by atoms with van der Waals surface area (Å²) in [5.74, 6) is -1.20. The van der Waals surface area contributed by atoms with Gasteiger partial charge in [0.1, 0.15) is 11.3 Å². The number of urea groups is 1. The fourth-order valence-electron chi connectivity index (χ4n) is 3.62. The van der Waals surface area contributed by atoms with Crippen molar-refractivity contribution in [2.24, 2.45) is 0 Å². The van der Waals surface area contributed by atoms with E-state index < -0.39 is 23.8 Å². The fourth-order valence-corrected chi connectivity index (χ4v) is 4.16. The van der Waals surface area contributed by atoms with Crippen LogP contribution >= 0.6 is 27.5 Å². The summed E-state index contributed by atoms with van der Waals surface area (Å²) in [5, 5.41) is 4.93. The highest BCUT2D eigenvalue weighted by atomic mass is 79.9. The molecule has 4 rings (SSSR count). The first kappa shape index (κ1) is 27.7. The zero-order valence-corrected chi connectivity index (χ0v) is 23.0. The van der Waals surface area contributed by atoms with E-state index in [1.54, 1.807) is 55.6 Å². The van der Waals surface area contributed by atoms with Gasteiger partial charge in [-0.1, -0.05) is 27.5 Å². The molecule has 12 heteroatoms. The van der Waals surface area contributed by atoms with Gasteiger partial charge in [0, 0.05) is 10.2 Å². The van der Waals surface area contributed by atoms with Crippen LogP contribution in [0.4, 0.5) is 16.2 Å². The van der Waals surface area contributed by atoms with E-state index in [4.69, 9.17) is 25.8 Å². The average Bonchev–Trinajstić information content (AvgIpc) is 2.91. The Morgan fingerprint density at radius 2 is 1.72 bits per heavy atom. The molecule has 0 aromatic heterocycles. The number of carbonyl (C=O) groups excluding carboxylic acids is 4. The van der Waals surface area contributed by atoms with Crippen molar-refractivity contribution in [3.05, 3.63) is 81.3 Å². The number of carbonyl (C=O) groups is 4. The van der Waals surface area contributed by atoms with Crippen LogP contribution in [-0.2, 0) is 14.4 Å². The van der Waals surface area contributed by atoms with Crippen molar-refractivity contribution in [1.29, 1.82) is 0 Å². The Kier molecular flexibility index (Phi) is 8.52. The van der Waals surface area contributed by atoms with E-state index >= 15 is 0 Å². The molecule has 39 heavy (non-hydrogen) atoms. The van der Waals surface area contributed by atoms with E-state index in [9.17, 15) is 19.2 Å². The van der Waals surface area contributed by atoms with Crippen LogP contribution in [0.2, 0.25) is 5.02 Å². The number of nitrogens with zero attached hydrogens (tertiary/aromatic N) is 1. The first-order chi connectivity index (χ1) is 18.7. The number of halogens is 2. The van der Waals surface area contributed by atoms with Crippen molar-refractivity contribution in [3.63, 3.8) is 0 Å². The molecule has 0 aliphatic carbocycles. The van der Waals surface area contributed by atoms with Gasteiger partial charge in [-0.3, -0.25) is 19.7 Å². The molecule has 3 aromatic rings.